The van der Waals surface area contributed by atoms with Gasteiger partial charge in [0.25, 0.3) is 0 Å². The van der Waals surface area contributed by atoms with Crippen molar-refractivity contribution in [3.05, 3.63) is 42.9 Å². The number of rotatable bonds is 2. The van der Waals surface area contributed by atoms with E-state index in [0.29, 0.717) is 11.3 Å². The van der Waals surface area contributed by atoms with E-state index in [1.807, 2.05) is 0 Å². The Hall–Kier alpha value is -2.11. The second-order valence-electron chi connectivity index (χ2n) is 3.17. The van der Waals surface area contributed by atoms with Crippen molar-refractivity contribution in [1.29, 1.82) is 0 Å². The van der Waals surface area contributed by atoms with Crippen LogP contribution in [0.5, 0.6) is 5.75 Å². The normalized spacial score (nSPS) is 11.2. The van der Waals surface area contributed by atoms with E-state index in [0.717, 1.165) is 0 Å². The van der Waals surface area contributed by atoms with Gasteiger partial charge >= 0.3 is 6.36 Å². The van der Waals surface area contributed by atoms with Gasteiger partial charge in [0.15, 0.2) is 0 Å². The third kappa shape index (κ3) is 3.17. The molecule has 0 N–H and O–H groups in total. The zero-order valence-electron chi connectivity index (χ0n) is 8.48. The first kappa shape index (κ1) is 11.4. The molecule has 0 aliphatic carbocycles. The van der Waals surface area contributed by atoms with Crippen LogP contribution >= 0.6 is 0 Å². The van der Waals surface area contributed by atoms with E-state index in [2.05, 4.69) is 14.7 Å². The number of hydrogen-bond acceptors (Lipinski definition) is 3. The largest absolute Gasteiger partial charge is 0.573 e. The van der Waals surface area contributed by atoms with E-state index in [1.54, 1.807) is 12.1 Å². The third-order valence-corrected chi connectivity index (χ3v) is 1.95. The molecular weight excluding hydrogens is 233 g/mol. The second-order valence-corrected chi connectivity index (χ2v) is 3.17. The summed E-state index contributed by atoms with van der Waals surface area (Å²) < 4.78 is 39.9. The van der Waals surface area contributed by atoms with Crippen LogP contribution in [0.3, 0.4) is 0 Å². The summed E-state index contributed by atoms with van der Waals surface area (Å²) in [6.07, 6.45) is -1.85. The lowest BCUT2D eigenvalue weighted by Crippen LogP contribution is -2.17. The van der Waals surface area contributed by atoms with Crippen molar-refractivity contribution in [3.63, 3.8) is 0 Å². The van der Waals surface area contributed by atoms with Gasteiger partial charge in [0.2, 0.25) is 0 Å². The lowest BCUT2D eigenvalue weighted by Gasteiger charge is -2.09. The van der Waals surface area contributed by atoms with Crippen LogP contribution in [0.25, 0.3) is 11.3 Å². The molecule has 0 amide bonds. The molecule has 1 aromatic heterocycles. The molecule has 3 nitrogen and oxygen atoms in total. The van der Waals surface area contributed by atoms with E-state index in [-0.39, 0.29) is 5.75 Å². The number of benzene rings is 1. The molecule has 0 saturated heterocycles. The zero-order valence-corrected chi connectivity index (χ0v) is 8.48. The first-order valence-electron chi connectivity index (χ1n) is 4.67. The molecule has 0 saturated carbocycles. The fourth-order valence-electron chi connectivity index (χ4n) is 1.31. The fraction of sp³-hybridized carbons (Fsp3) is 0.0909. The predicted octanol–water partition coefficient (Wildman–Crippen LogP) is 3.04. The van der Waals surface area contributed by atoms with E-state index in [1.165, 1.54) is 30.7 Å². The molecule has 1 heterocycles. The van der Waals surface area contributed by atoms with Crippen LogP contribution in [0, 0.1) is 0 Å². The maximum atomic E-state index is 12.0. The quantitative estimate of drug-likeness (QED) is 0.809. The topological polar surface area (TPSA) is 35.0 Å². The highest BCUT2D eigenvalue weighted by Gasteiger charge is 2.31. The molecule has 0 fully saturated rings. The maximum Gasteiger partial charge on any atom is 0.573 e. The van der Waals surface area contributed by atoms with Gasteiger partial charge in [0.05, 0.1) is 5.69 Å². The Bertz CT molecular complexity index is 500. The average molecular weight is 240 g/mol. The molecule has 0 spiro atoms. The van der Waals surface area contributed by atoms with Gasteiger partial charge in [-0.25, -0.2) is 9.97 Å². The van der Waals surface area contributed by atoms with Gasteiger partial charge in [-0.3, -0.25) is 0 Å². The number of alkyl halides is 3. The van der Waals surface area contributed by atoms with Gasteiger partial charge in [0.1, 0.15) is 12.1 Å². The number of ether oxygens (including phenoxy) is 1. The molecule has 2 aromatic rings. The van der Waals surface area contributed by atoms with Crippen LogP contribution in [-0.2, 0) is 0 Å². The Morgan fingerprint density at radius 2 is 1.94 bits per heavy atom. The Kier molecular flexibility index (Phi) is 2.95. The summed E-state index contributed by atoms with van der Waals surface area (Å²) in [6, 6.07) is 7.23. The lowest BCUT2D eigenvalue weighted by atomic mass is 10.1. The second kappa shape index (κ2) is 4.40. The minimum atomic E-state index is -4.69. The fourth-order valence-corrected chi connectivity index (χ4v) is 1.31. The SMILES string of the molecule is FC(F)(F)Oc1cccc(-c2ccncn2)c1. The van der Waals surface area contributed by atoms with Crippen LogP contribution in [-0.4, -0.2) is 16.3 Å². The van der Waals surface area contributed by atoms with E-state index in [4.69, 9.17) is 0 Å². The third-order valence-electron chi connectivity index (χ3n) is 1.95. The zero-order chi connectivity index (χ0) is 12.3. The van der Waals surface area contributed by atoms with Crippen molar-refractivity contribution < 1.29 is 17.9 Å². The van der Waals surface area contributed by atoms with Gasteiger partial charge in [-0.05, 0) is 18.2 Å². The first-order chi connectivity index (χ1) is 8.04. The van der Waals surface area contributed by atoms with Crippen LogP contribution in [0.15, 0.2) is 42.9 Å². The maximum absolute atomic E-state index is 12.0. The van der Waals surface area contributed by atoms with Crippen molar-refractivity contribution in [3.8, 4) is 17.0 Å². The average Bonchev–Trinajstić information content (AvgIpc) is 2.28. The molecule has 1 aromatic carbocycles. The summed E-state index contributed by atoms with van der Waals surface area (Å²) in [5, 5.41) is 0. The Labute approximate surface area is 94.9 Å². The summed E-state index contributed by atoms with van der Waals surface area (Å²) in [7, 11) is 0. The summed E-state index contributed by atoms with van der Waals surface area (Å²) in [6.45, 7) is 0. The predicted molar refractivity (Wildman–Crippen MR) is 54.2 cm³/mol. The summed E-state index contributed by atoms with van der Waals surface area (Å²) in [5.41, 5.74) is 1.07. The van der Waals surface area contributed by atoms with E-state index >= 15 is 0 Å². The Morgan fingerprint density at radius 3 is 2.59 bits per heavy atom. The molecule has 2 rings (SSSR count). The molecule has 17 heavy (non-hydrogen) atoms. The summed E-state index contributed by atoms with van der Waals surface area (Å²) >= 11 is 0. The number of halogens is 3. The van der Waals surface area contributed by atoms with Crippen molar-refractivity contribution in [2.75, 3.05) is 0 Å². The Morgan fingerprint density at radius 1 is 1.12 bits per heavy atom. The van der Waals surface area contributed by atoms with Crippen LogP contribution in [0.2, 0.25) is 0 Å². The van der Waals surface area contributed by atoms with Crippen molar-refractivity contribution in [1.82, 2.24) is 9.97 Å². The van der Waals surface area contributed by atoms with Crippen LogP contribution < -0.4 is 4.74 Å². The van der Waals surface area contributed by atoms with Crippen molar-refractivity contribution >= 4 is 0 Å². The number of hydrogen-bond donors (Lipinski definition) is 0. The molecule has 0 atom stereocenters. The van der Waals surface area contributed by atoms with E-state index < -0.39 is 6.36 Å². The van der Waals surface area contributed by atoms with Crippen molar-refractivity contribution in [2.24, 2.45) is 0 Å². The summed E-state index contributed by atoms with van der Waals surface area (Å²) in [5.74, 6) is -0.270. The molecule has 6 heteroatoms. The van der Waals surface area contributed by atoms with Crippen molar-refractivity contribution in [2.45, 2.75) is 6.36 Å². The molecular formula is C11H7F3N2O. The molecule has 0 aliphatic rings. The van der Waals surface area contributed by atoms with Gasteiger partial charge in [0, 0.05) is 11.8 Å². The highest BCUT2D eigenvalue weighted by Crippen LogP contribution is 2.26. The minimum Gasteiger partial charge on any atom is -0.406 e. The molecule has 0 unspecified atom stereocenters. The molecule has 88 valence electrons. The highest BCUT2D eigenvalue weighted by molar-refractivity contribution is 5.60. The van der Waals surface area contributed by atoms with Gasteiger partial charge < -0.3 is 4.74 Å². The summed E-state index contributed by atoms with van der Waals surface area (Å²) in [4.78, 5) is 7.67. The van der Waals surface area contributed by atoms with Gasteiger partial charge in [-0.2, -0.15) is 0 Å². The molecule has 0 radical (unpaired) electrons. The first-order valence-corrected chi connectivity index (χ1v) is 4.67. The standard InChI is InChI=1S/C11H7F3N2O/c12-11(13,14)17-9-3-1-2-8(6-9)10-4-5-15-7-16-10/h1-7H. The van der Waals surface area contributed by atoms with Gasteiger partial charge in [-0.15, -0.1) is 13.2 Å². The van der Waals surface area contributed by atoms with Crippen LogP contribution in [0.1, 0.15) is 0 Å². The van der Waals surface area contributed by atoms with E-state index in [9.17, 15) is 13.2 Å². The van der Waals surface area contributed by atoms with Gasteiger partial charge in [-0.1, -0.05) is 12.1 Å². The number of nitrogens with zero attached hydrogens (tertiary/aromatic N) is 2. The molecule has 0 bridgehead atoms. The minimum absolute atomic E-state index is 0.270. The smallest absolute Gasteiger partial charge is 0.406 e. The highest BCUT2D eigenvalue weighted by atomic mass is 19.4. The monoisotopic (exact) mass is 240 g/mol. The van der Waals surface area contributed by atoms with Crippen LogP contribution in [0.4, 0.5) is 13.2 Å². The Balaban J connectivity index is 2.29. The molecule has 0 aliphatic heterocycles. The number of aromatic nitrogens is 2. The lowest BCUT2D eigenvalue weighted by molar-refractivity contribution is -0.274.